The Morgan fingerprint density at radius 2 is 1.64 bits per heavy atom. The highest BCUT2D eigenvalue weighted by Gasteiger charge is 2.23. The van der Waals surface area contributed by atoms with E-state index in [2.05, 4.69) is 41.4 Å². The quantitative estimate of drug-likeness (QED) is 0.849. The molecule has 0 radical (unpaired) electrons. The molecule has 2 aliphatic heterocycles. The highest BCUT2D eigenvalue weighted by molar-refractivity contribution is 5.76. The zero-order valence-corrected chi connectivity index (χ0v) is 15.8. The molecule has 0 aliphatic carbocycles. The predicted octanol–water partition coefficient (Wildman–Crippen LogP) is 3.95. The number of rotatable bonds is 6. The lowest BCUT2D eigenvalue weighted by molar-refractivity contribution is -0.133. The van der Waals surface area contributed by atoms with Crippen molar-refractivity contribution in [2.24, 2.45) is 11.8 Å². The summed E-state index contributed by atoms with van der Waals surface area (Å²) in [5.41, 5.74) is 2.78. The number of carbonyl (C=O) groups is 1. The molecule has 2 saturated heterocycles. The van der Waals surface area contributed by atoms with Crippen molar-refractivity contribution < 1.29 is 4.79 Å². The number of amides is 1. The summed E-state index contributed by atoms with van der Waals surface area (Å²) < 4.78 is 0. The maximum atomic E-state index is 12.5. The molecule has 0 aromatic heterocycles. The lowest BCUT2D eigenvalue weighted by Crippen LogP contribution is -2.39. The van der Waals surface area contributed by atoms with Crippen LogP contribution in [0.4, 0.5) is 0 Å². The van der Waals surface area contributed by atoms with E-state index in [0.29, 0.717) is 5.91 Å². The van der Waals surface area contributed by atoms with E-state index in [4.69, 9.17) is 0 Å². The number of hydrogen-bond acceptors (Lipinski definition) is 2. The van der Waals surface area contributed by atoms with Gasteiger partial charge in [0.2, 0.25) is 5.91 Å². The maximum Gasteiger partial charge on any atom is 0.222 e. The highest BCUT2D eigenvalue weighted by Crippen LogP contribution is 2.24. The van der Waals surface area contributed by atoms with Crippen LogP contribution in [0.2, 0.25) is 0 Å². The average Bonchev–Trinajstić information content (AvgIpc) is 2.67. The Morgan fingerprint density at radius 3 is 2.32 bits per heavy atom. The first-order valence-corrected chi connectivity index (χ1v) is 10.2. The summed E-state index contributed by atoms with van der Waals surface area (Å²) in [7, 11) is 0. The van der Waals surface area contributed by atoms with Crippen molar-refractivity contribution in [3.8, 4) is 0 Å². The molecule has 0 bridgehead atoms. The third kappa shape index (κ3) is 5.85. The summed E-state index contributed by atoms with van der Waals surface area (Å²) in [4.78, 5) is 14.6. The normalized spacial score (nSPS) is 20.0. The number of aryl methyl sites for hydroxylation is 2. The van der Waals surface area contributed by atoms with Crippen LogP contribution in [-0.2, 0) is 11.2 Å². The minimum Gasteiger partial charge on any atom is -0.343 e. The summed E-state index contributed by atoms with van der Waals surface area (Å²) in [5.74, 6) is 1.95. The van der Waals surface area contributed by atoms with Crippen LogP contribution in [0, 0.1) is 18.8 Å². The van der Waals surface area contributed by atoms with Crippen molar-refractivity contribution in [3.63, 3.8) is 0 Å². The standard InChI is InChI=1S/C22H34N2O/c1-18-2-4-19(5-3-18)6-7-21-12-16-24(17-13-21)22(25)9-8-20-10-14-23-15-11-20/h2-5,20-21,23H,6-17H2,1H3. The van der Waals surface area contributed by atoms with Gasteiger partial charge in [0.25, 0.3) is 0 Å². The van der Waals surface area contributed by atoms with E-state index in [1.807, 2.05) is 0 Å². The second-order valence-corrected chi connectivity index (χ2v) is 8.08. The first-order chi connectivity index (χ1) is 12.2. The van der Waals surface area contributed by atoms with Gasteiger partial charge in [-0.05, 0) is 82.4 Å². The number of likely N-dealkylation sites (tertiary alicyclic amines) is 1. The zero-order chi connectivity index (χ0) is 17.5. The summed E-state index contributed by atoms with van der Waals surface area (Å²) in [6.45, 7) is 6.35. The molecular weight excluding hydrogens is 308 g/mol. The van der Waals surface area contributed by atoms with Crippen LogP contribution < -0.4 is 5.32 Å². The molecular formula is C22H34N2O. The molecule has 0 atom stereocenters. The molecule has 1 N–H and O–H groups in total. The minimum atomic E-state index is 0.399. The molecule has 2 aliphatic rings. The van der Waals surface area contributed by atoms with Crippen molar-refractivity contribution >= 4 is 5.91 Å². The number of benzene rings is 1. The third-order valence-electron chi connectivity index (χ3n) is 6.15. The lowest BCUT2D eigenvalue weighted by atomic mass is 9.89. The molecule has 3 rings (SSSR count). The summed E-state index contributed by atoms with van der Waals surface area (Å²) >= 11 is 0. The van der Waals surface area contributed by atoms with Crippen molar-refractivity contribution in [3.05, 3.63) is 35.4 Å². The molecule has 0 spiro atoms. The molecule has 3 nitrogen and oxygen atoms in total. The Hall–Kier alpha value is -1.35. The topological polar surface area (TPSA) is 32.3 Å². The minimum absolute atomic E-state index is 0.399. The van der Waals surface area contributed by atoms with Gasteiger partial charge < -0.3 is 10.2 Å². The summed E-state index contributed by atoms with van der Waals surface area (Å²) in [6, 6.07) is 8.93. The Bertz CT molecular complexity index is 525. The Kier molecular flexibility index (Phi) is 6.92. The fourth-order valence-corrected chi connectivity index (χ4v) is 4.25. The van der Waals surface area contributed by atoms with Crippen molar-refractivity contribution in [1.82, 2.24) is 10.2 Å². The van der Waals surface area contributed by atoms with Gasteiger partial charge in [0.1, 0.15) is 0 Å². The zero-order valence-electron chi connectivity index (χ0n) is 15.8. The molecule has 2 heterocycles. The number of nitrogens with one attached hydrogen (secondary N) is 1. The number of piperidine rings is 2. The fraction of sp³-hybridized carbons (Fsp3) is 0.682. The summed E-state index contributed by atoms with van der Waals surface area (Å²) in [6.07, 6.45) is 9.15. The molecule has 0 unspecified atom stereocenters. The monoisotopic (exact) mass is 342 g/mol. The van der Waals surface area contributed by atoms with Gasteiger partial charge in [0.05, 0.1) is 0 Å². The molecule has 1 aromatic carbocycles. The van der Waals surface area contributed by atoms with E-state index in [0.717, 1.165) is 50.9 Å². The predicted molar refractivity (Wildman–Crippen MR) is 104 cm³/mol. The van der Waals surface area contributed by atoms with Crippen molar-refractivity contribution in [2.75, 3.05) is 26.2 Å². The van der Waals surface area contributed by atoms with Crippen LogP contribution in [0.15, 0.2) is 24.3 Å². The van der Waals surface area contributed by atoms with E-state index in [1.54, 1.807) is 0 Å². The smallest absolute Gasteiger partial charge is 0.222 e. The first-order valence-electron chi connectivity index (χ1n) is 10.2. The fourth-order valence-electron chi connectivity index (χ4n) is 4.25. The van der Waals surface area contributed by atoms with Gasteiger partial charge in [0.15, 0.2) is 0 Å². The van der Waals surface area contributed by atoms with Gasteiger partial charge in [0, 0.05) is 19.5 Å². The van der Waals surface area contributed by atoms with Crippen LogP contribution in [0.25, 0.3) is 0 Å². The SMILES string of the molecule is Cc1ccc(CCC2CCN(C(=O)CCC3CCNCC3)CC2)cc1. The average molecular weight is 343 g/mol. The van der Waals surface area contributed by atoms with Gasteiger partial charge >= 0.3 is 0 Å². The molecule has 0 saturated carbocycles. The van der Waals surface area contributed by atoms with Crippen LogP contribution in [-0.4, -0.2) is 37.0 Å². The molecule has 25 heavy (non-hydrogen) atoms. The molecule has 3 heteroatoms. The van der Waals surface area contributed by atoms with Gasteiger partial charge in [-0.1, -0.05) is 29.8 Å². The molecule has 138 valence electrons. The number of carbonyl (C=O) groups excluding carboxylic acids is 1. The highest BCUT2D eigenvalue weighted by atomic mass is 16.2. The second-order valence-electron chi connectivity index (χ2n) is 8.08. The van der Waals surface area contributed by atoms with Gasteiger partial charge in [-0.2, -0.15) is 0 Å². The van der Waals surface area contributed by atoms with Crippen molar-refractivity contribution in [2.45, 2.75) is 58.3 Å². The summed E-state index contributed by atoms with van der Waals surface area (Å²) in [5, 5.41) is 3.40. The van der Waals surface area contributed by atoms with E-state index in [-0.39, 0.29) is 0 Å². The maximum absolute atomic E-state index is 12.5. The molecule has 1 aromatic rings. The molecule has 1 amide bonds. The van der Waals surface area contributed by atoms with Gasteiger partial charge in [-0.3, -0.25) is 4.79 Å². The van der Waals surface area contributed by atoms with E-state index < -0.39 is 0 Å². The Morgan fingerprint density at radius 1 is 1.00 bits per heavy atom. The van der Waals surface area contributed by atoms with E-state index in [9.17, 15) is 4.79 Å². The van der Waals surface area contributed by atoms with Gasteiger partial charge in [-0.15, -0.1) is 0 Å². The Balaban J connectivity index is 1.33. The Labute approximate surface area is 153 Å². The van der Waals surface area contributed by atoms with E-state index >= 15 is 0 Å². The number of hydrogen-bond donors (Lipinski definition) is 1. The third-order valence-corrected chi connectivity index (χ3v) is 6.15. The largest absolute Gasteiger partial charge is 0.343 e. The van der Waals surface area contributed by atoms with Crippen LogP contribution in [0.3, 0.4) is 0 Å². The number of nitrogens with zero attached hydrogens (tertiary/aromatic N) is 1. The van der Waals surface area contributed by atoms with Crippen LogP contribution in [0.1, 0.15) is 56.1 Å². The molecule has 2 fully saturated rings. The lowest BCUT2D eigenvalue weighted by Gasteiger charge is -2.32. The second kappa shape index (κ2) is 9.38. The van der Waals surface area contributed by atoms with E-state index in [1.165, 1.54) is 49.7 Å². The van der Waals surface area contributed by atoms with Gasteiger partial charge in [-0.25, -0.2) is 0 Å². The van der Waals surface area contributed by atoms with Crippen LogP contribution in [0.5, 0.6) is 0 Å². The first kappa shape index (κ1) is 18.4. The van der Waals surface area contributed by atoms with Crippen molar-refractivity contribution in [1.29, 1.82) is 0 Å². The van der Waals surface area contributed by atoms with Crippen LogP contribution >= 0.6 is 0 Å².